The minimum atomic E-state index is 0.545. The molecule has 16 heavy (non-hydrogen) atoms. The van der Waals surface area contributed by atoms with Crippen LogP contribution in [-0.2, 0) is 0 Å². The van der Waals surface area contributed by atoms with Crippen molar-refractivity contribution >= 4 is 35.2 Å². The molecule has 0 radical (unpaired) electrons. The second kappa shape index (κ2) is 4.59. The van der Waals surface area contributed by atoms with Gasteiger partial charge < -0.3 is 4.74 Å². The van der Waals surface area contributed by atoms with Crippen LogP contribution in [0.4, 0.5) is 0 Å². The molecule has 0 aromatic carbocycles. The molecule has 0 unspecified atom stereocenters. The summed E-state index contributed by atoms with van der Waals surface area (Å²) in [5.41, 5.74) is 0.545. The Labute approximate surface area is 100 Å². The fraction of sp³-hybridized carbons (Fsp3) is 0.0909. The summed E-state index contributed by atoms with van der Waals surface area (Å²) in [5.74, 6) is 0. The highest BCUT2D eigenvalue weighted by Crippen LogP contribution is 2.38. The Bertz CT molecular complexity index is 525. The number of hydrogen-bond acceptors (Lipinski definition) is 5. The van der Waals surface area contributed by atoms with Gasteiger partial charge in [0.2, 0.25) is 0 Å². The molecule has 0 fully saturated rings. The molecule has 0 saturated heterocycles. The first-order valence-corrected chi connectivity index (χ1v) is 6.10. The van der Waals surface area contributed by atoms with Gasteiger partial charge in [-0.25, -0.2) is 0 Å². The van der Waals surface area contributed by atoms with E-state index in [1.54, 1.807) is 12.1 Å². The normalized spacial score (nSPS) is 10.1. The van der Waals surface area contributed by atoms with Gasteiger partial charge >= 0.3 is 0 Å². The fourth-order valence-corrected chi connectivity index (χ4v) is 3.15. The van der Waals surface area contributed by atoms with Crippen molar-refractivity contribution in [1.82, 2.24) is 0 Å². The molecule has 2 aromatic heterocycles. The summed E-state index contributed by atoms with van der Waals surface area (Å²) in [7, 11) is 1.54. The van der Waals surface area contributed by atoms with Crippen LogP contribution in [0.15, 0.2) is 18.2 Å². The first-order valence-electron chi connectivity index (χ1n) is 4.47. The number of carbonyl (C=O) groups is 2. The third kappa shape index (κ3) is 1.91. The number of carbonyl (C=O) groups excluding carboxylic acids is 2. The molecule has 0 N–H and O–H groups in total. The number of ether oxygens (including phenoxy) is 1. The predicted molar refractivity (Wildman–Crippen MR) is 65.0 cm³/mol. The zero-order valence-electron chi connectivity index (χ0n) is 8.43. The molecule has 3 nitrogen and oxygen atoms in total. The minimum Gasteiger partial charge on any atom is -0.487 e. The van der Waals surface area contributed by atoms with Crippen molar-refractivity contribution in [3.05, 3.63) is 28.6 Å². The van der Waals surface area contributed by atoms with Crippen molar-refractivity contribution in [2.24, 2.45) is 0 Å². The lowest BCUT2D eigenvalue weighted by Gasteiger charge is -1.92. The third-order valence-corrected chi connectivity index (χ3v) is 4.34. The number of thiophene rings is 2. The maximum absolute atomic E-state index is 10.8. The van der Waals surface area contributed by atoms with Crippen LogP contribution in [0.25, 0.3) is 9.75 Å². The Balaban J connectivity index is 2.43. The largest absolute Gasteiger partial charge is 0.487 e. The second-order valence-corrected chi connectivity index (χ2v) is 5.13. The zero-order valence-corrected chi connectivity index (χ0v) is 10.1. The average molecular weight is 252 g/mol. The van der Waals surface area contributed by atoms with E-state index in [1.165, 1.54) is 29.8 Å². The molecule has 0 aliphatic heterocycles. The average Bonchev–Trinajstić information content (AvgIpc) is 2.94. The van der Waals surface area contributed by atoms with Crippen LogP contribution in [0, 0.1) is 0 Å². The van der Waals surface area contributed by atoms with Crippen molar-refractivity contribution in [1.29, 1.82) is 0 Å². The third-order valence-electron chi connectivity index (χ3n) is 2.02. The van der Waals surface area contributed by atoms with Gasteiger partial charge in [0.1, 0.15) is 0 Å². The van der Waals surface area contributed by atoms with Crippen molar-refractivity contribution in [2.45, 2.75) is 0 Å². The van der Waals surface area contributed by atoms with Crippen LogP contribution >= 0.6 is 22.7 Å². The number of methoxy groups -OCH3 is 1. The van der Waals surface area contributed by atoms with Crippen LogP contribution in [0.1, 0.15) is 20.0 Å². The molecule has 82 valence electrons. The highest BCUT2D eigenvalue weighted by atomic mass is 32.1. The quantitative estimate of drug-likeness (QED) is 0.785. The molecule has 2 heterocycles. The highest BCUT2D eigenvalue weighted by molar-refractivity contribution is 7.23. The van der Waals surface area contributed by atoms with Gasteiger partial charge in [-0.2, -0.15) is 0 Å². The standard InChI is InChI=1S/C11H8O3S2/c1-14-11-7(5-12)4-10(16-11)9-3-2-8(6-13)15-9/h2-6H,1H3. The van der Waals surface area contributed by atoms with Gasteiger partial charge in [-0.3, -0.25) is 9.59 Å². The minimum absolute atomic E-state index is 0.545. The predicted octanol–water partition coefficient (Wildman–Crippen LogP) is 3.11. The highest BCUT2D eigenvalue weighted by Gasteiger charge is 2.11. The number of rotatable bonds is 4. The Morgan fingerprint density at radius 3 is 2.44 bits per heavy atom. The van der Waals surface area contributed by atoms with Crippen LogP contribution in [0.3, 0.4) is 0 Å². The molecule has 2 rings (SSSR count). The molecular weight excluding hydrogens is 244 g/mol. The van der Waals surface area contributed by atoms with Gasteiger partial charge in [-0.1, -0.05) is 11.3 Å². The van der Waals surface area contributed by atoms with Gasteiger partial charge in [-0.05, 0) is 18.2 Å². The maximum Gasteiger partial charge on any atom is 0.184 e. The molecule has 0 aliphatic rings. The van der Waals surface area contributed by atoms with Crippen LogP contribution < -0.4 is 4.74 Å². The molecule has 0 bridgehead atoms. The van der Waals surface area contributed by atoms with Gasteiger partial charge in [0.05, 0.1) is 17.6 Å². The first kappa shape index (κ1) is 11.0. The lowest BCUT2D eigenvalue weighted by Crippen LogP contribution is -1.82. The van der Waals surface area contributed by atoms with E-state index in [0.29, 0.717) is 15.5 Å². The summed E-state index contributed by atoms with van der Waals surface area (Å²) in [6.45, 7) is 0. The van der Waals surface area contributed by atoms with Crippen molar-refractivity contribution in [3.63, 3.8) is 0 Å². The van der Waals surface area contributed by atoms with Crippen LogP contribution in [0.2, 0.25) is 0 Å². The summed E-state index contributed by atoms with van der Waals surface area (Å²) >= 11 is 2.80. The van der Waals surface area contributed by atoms with E-state index < -0.39 is 0 Å². The summed E-state index contributed by atoms with van der Waals surface area (Å²) in [6, 6.07) is 5.41. The summed E-state index contributed by atoms with van der Waals surface area (Å²) < 4.78 is 5.09. The molecule has 5 heteroatoms. The van der Waals surface area contributed by atoms with E-state index in [2.05, 4.69) is 0 Å². The lowest BCUT2D eigenvalue weighted by atomic mass is 10.3. The Morgan fingerprint density at radius 2 is 1.94 bits per heavy atom. The zero-order chi connectivity index (χ0) is 11.5. The summed E-state index contributed by atoms with van der Waals surface area (Å²) in [5, 5.41) is 0.603. The Hall–Kier alpha value is -1.46. The fourth-order valence-electron chi connectivity index (χ4n) is 1.30. The Kier molecular flexibility index (Phi) is 3.17. The van der Waals surface area contributed by atoms with Gasteiger partial charge in [0.25, 0.3) is 0 Å². The molecule has 0 spiro atoms. The van der Waals surface area contributed by atoms with Crippen LogP contribution in [0.5, 0.6) is 5.06 Å². The van der Waals surface area contributed by atoms with Crippen molar-refractivity contribution < 1.29 is 14.3 Å². The van der Waals surface area contributed by atoms with Crippen LogP contribution in [-0.4, -0.2) is 19.7 Å². The molecule has 0 aliphatic carbocycles. The van der Waals surface area contributed by atoms with Gasteiger partial charge in [0.15, 0.2) is 17.6 Å². The molecule has 0 amide bonds. The Morgan fingerprint density at radius 1 is 1.12 bits per heavy atom. The molecular formula is C11H8O3S2. The first-order chi connectivity index (χ1) is 7.78. The number of aldehydes is 2. The smallest absolute Gasteiger partial charge is 0.184 e. The molecule has 0 saturated carbocycles. The van der Waals surface area contributed by atoms with Gasteiger partial charge in [0, 0.05) is 9.75 Å². The van der Waals surface area contributed by atoms with Crippen molar-refractivity contribution in [3.8, 4) is 14.8 Å². The lowest BCUT2D eigenvalue weighted by molar-refractivity contribution is 0.111. The SMILES string of the molecule is COc1sc(-c2ccc(C=O)s2)cc1C=O. The maximum atomic E-state index is 10.8. The van der Waals surface area contributed by atoms with E-state index in [1.807, 2.05) is 6.07 Å². The molecule has 2 aromatic rings. The van der Waals surface area contributed by atoms with Gasteiger partial charge in [-0.15, -0.1) is 11.3 Å². The summed E-state index contributed by atoms with van der Waals surface area (Å²) in [4.78, 5) is 23.9. The summed E-state index contributed by atoms with van der Waals surface area (Å²) in [6.07, 6.45) is 1.59. The monoisotopic (exact) mass is 252 g/mol. The van der Waals surface area contributed by atoms with E-state index in [-0.39, 0.29) is 0 Å². The topological polar surface area (TPSA) is 43.4 Å². The van der Waals surface area contributed by atoms with E-state index >= 15 is 0 Å². The van der Waals surface area contributed by atoms with Crippen molar-refractivity contribution in [2.75, 3.05) is 7.11 Å². The second-order valence-electron chi connectivity index (χ2n) is 3.00. The number of hydrogen-bond donors (Lipinski definition) is 0. The van der Waals surface area contributed by atoms with E-state index in [9.17, 15) is 9.59 Å². The van der Waals surface area contributed by atoms with E-state index in [4.69, 9.17) is 4.74 Å². The molecule has 0 atom stereocenters. The van der Waals surface area contributed by atoms with E-state index in [0.717, 1.165) is 22.3 Å².